The first-order chi connectivity index (χ1) is 8.65. The van der Waals surface area contributed by atoms with Crippen LogP contribution in [0.1, 0.15) is 23.1 Å². The van der Waals surface area contributed by atoms with Crippen molar-refractivity contribution < 1.29 is 14.7 Å². The Kier molecular flexibility index (Phi) is 3.82. The van der Waals surface area contributed by atoms with Crippen LogP contribution >= 0.6 is 0 Å². The highest BCUT2D eigenvalue weighted by Crippen LogP contribution is 2.22. The maximum absolute atomic E-state index is 11.3. The molecule has 1 aromatic carbocycles. The Morgan fingerprint density at radius 1 is 1.17 bits per heavy atom. The van der Waals surface area contributed by atoms with Gasteiger partial charge in [-0.25, -0.2) is 4.79 Å². The zero-order valence-electron chi connectivity index (χ0n) is 10.0. The first-order valence-corrected chi connectivity index (χ1v) is 5.99. The summed E-state index contributed by atoms with van der Waals surface area (Å²) >= 11 is 0. The van der Waals surface area contributed by atoms with Crippen LogP contribution in [0.5, 0.6) is 0 Å². The first kappa shape index (κ1) is 12.4. The van der Waals surface area contributed by atoms with Crippen LogP contribution in [0, 0.1) is 0 Å². The van der Waals surface area contributed by atoms with Gasteiger partial charge in [0, 0.05) is 6.54 Å². The van der Waals surface area contributed by atoms with E-state index in [1.807, 2.05) is 6.07 Å². The number of urea groups is 1. The lowest BCUT2D eigenvalue weighted by Gasteiger charge is -2.07. The molecule has 0 aliphatic heterocycles. The molecule has 3 N–H and O–H groups in total. The smallest absolute Gasteiger partial charge is 0.323 e. The van der Waals surface area contributed by atoms with Crippen molar-refractivity contribution in [1.82, 2.24) is 10.6 Å². The SMILES string of the molecule is O=C(O)CNC(=O)NCc1ccc2c(c1)CCC2. The second-order valence-corrected chi connectivity index (χ2v) is 4.39. The number of benzene rings is 1. The lowest BCUT2D eigenvalue weighted by molar-refractivity contribution is -0.135. The lowest BCUT2D eigenvalue weighted by atomic mass is 10.1. The van der Waals surface area contributed by atoms with E-state index < -0.39 is 12.0 Å². The Balaban J connectivity index is 1.83. The minimum atomic E-state index is -1.05. The van der Waals surface area contributed by atoms with Gasteiger partial charge >= 0.3 is 12.0 Å². The largest absolute Gasteiger partial charge is 0.480 e. The normalized spacial score (nSPS) is 12.9. The van der Waals surface area contributed by atoms with E-state index in [1.165, 1.54) is 17.5 Å². The summed E-state index contributed by atoms with van der Waals surface area (Å²) in [5, 5.41) is 13.3. The fourth-order valence-corrected chi connectivity index (χ4v) is 2.14. The quantitative estimate of drug-likeness (QED) is 0.745. The molecule has 0 heterocycles. The third-order valence-corrected chi connectivity index (χ3v) is 3.02. The van der Waals surface area contributed by atoms with Gasteiger partial charge in [0.1, 0.15) is 6.54 Å². The van der Waals surface area contributed by atoms with Crippen LogP contribution in [0.3, 0.4) is 0 Å². The molecular formula is C13H16N2O3. The highest BCUT2D eigenvalue weighted by molar-refractivity contribution is 5.79. The Morgan fingerprint density at radius 3 is 2.72 bits per heavy atom. The number of aliphatic carboxylic acids is 1. The van der Waals surface area contributed by atoms with E-state index in [0.717, 1.165) is 18.4 Å². The molecule has 1 aliphatic carbocycles. The summed E-state index contributed by atoms with van der Waals surface area (Å²) in [7, 11) is 0. The number of hydrogen-bond acceptors (Lipinski definition) is 2. The zero-order chi connectivity index (χ0) is 13.0. The summed E-state index contributed by atoms with van der Waals surface area (Å²) in [5.41, 5.74) is 3.80. The molecule has 0 radical (unpaired) electrons. The van der Waals surface area contributed by atoms with Crippen LogP contribution in [-0.2, 0) is 24.2 Å². The Labute approximate surface area is 105 Å². The van der Waals surface area contributed by atoms with Gasteiger partial charge in [0.15, 0.2) is 0 Å². The van der Waals surface area contributed by atoms with Crippen molar-refractivity contribution in [2.75, 3.05) is 6.54 Å². The van der Waals surface area contributed by atoms with Crippen molar-refractivity contribution in [2.45, 2.75) is 25.8 Å². The fraction of sp³-hybridized carbons (Fsp3) is 0.385. The summed E-state index contributed by atoms with van der Waals surface area (Å²) in [6.07, 6.45) is 3.45. The summed E-state index contributed by atoms with van der Waals surface area (Å²) in [6, 6.07) is 5.76. The van der Waals surface area contributed by atoms with E-state index in [0.29, 0.717) is 6.54 Å². The summed E-state index contributed by atoms with van der Waals surface area (Å²) in [6.45, 7) is 0.0504. The van der Waals surface area contributed by atoms with Gasteiger partial charge in [-0.2, -0.15) is 0 Å². The molecule has 2 amide bonds. The van der Waals surface area contributed by atoms with Crippen molar-refractivity contribution >= 4 is 12.0 Å². The number of carboxylic acids is 1. The number of hydrogen-bond donors (Lipinski definition) is 3. The number of carbonyl (C=O) groups excluding carboxylic acids is 1. The summed E-state index contributed by atoms with van der Waals surface area (Å²) < 4.78 is 0. The standard InChI is InChI=1S/C13H16N2O3/c16-12(17)8-15-13(18)14-7-9-4-5-10-2-1-3-11(10)6-9/h4-6H,1-3,7-8H2,(H,16,17)(H2,14,15,18). The molecule has 0 saturated carbocycles. The van der Waals surface area contributed by atoms with Crippen LogP contribution in [0.4, 0.5) is 4.79 Å². The first-order valence-electron chi connectivity index (χ1n) is 5.99. The number of rotatable bonds is 4. The molecule has 0 unspecified atom stereocenters. The maximum atomic E-state index is 11.3. The van der Waals surface area contributed by atoms with Crippen LogP contribution in [-0.4, -0.2) is 23.7 Å². The third-order valence-electron chi connectivity index (χ3n) is 3.02. The van der Waals surface area contributed by atoms with Gasteiger partial charge in [-0.05, 0) is 36.0 Å². The van der Waals surface area contributed by atoms with Crippen LogP contribution in [0.2, 0.25) is 0 Å². The number of amides is 2. The minimum Gasteiger partial charge on any atom is -0.480 e. The predicted molar refractivity (Wildman–Crippen MR) is 66.3 cm³/mol. The Morgan fingerprint density at radius 2 is 1.94 bits per heavy atom. The van der Waals surface area contributed by atoms with Crippen LogP contribution < -0.4 is 10.6 Å². The minimum absolute atomic E-state index is 0.365. The molecule has 0 atom stereocenters. The molecule has 5 nitrogen and oxygen atoms in total. The molecule has 96 valence electrons. The lowest BCUT2D eigenvalue weighted by Crippen LogP contribution is -2.38. The highest BCUT2D eigenvalue weighted by Gasteiger charge is 2.11. The topological polar surface area (TPSA) is 78.4 Å². The third kappa shape index (κ3) is 3.23. The van der Waals surface area contributed by atoms with Gasteiger partial charge in [-0.1, -0.05) is 18.2 Å². The number of carboxylic acid groups (broad SMARTS) is 1. The van der Waals surface area contributed by atoms with E-state index >= 15 is 0 Å². The molecule has 1 aromatic rings. The van der Waals surface area contributed by atoms with E-state index in [-0.39, 0.29) is 6.54 Å². The average Bonchev–Trinajstić information content (AvgIpc) is 2.81. The molecule has 5 heteroatoms. The molecule has 18 heavy (non-hydrogen) atoms. The van der Waals surface area contributed by atoms with E-state index in [1.54, 1.807) is 0 Å². The van der Waals surface area contributed by atoms with Gasteiger partial charge in [0.2, 0.25) is 0 Å². The molecule has 0 spiro atoms. The number of aryl methyl sites for hydroxylation is 2. The summed E-state index contributed by atoms with van der Waals surface area (Å²) in [5.74, 6) is -1.05. The molecule has 0 bridgehead atoms. The van der Waals surface area contributed by atoms with Crippen LogP contribution in [0.15, 0.2) is 18.2 Å². The number of carbonyl (C=O) groups is 2. The van der Waals surface area contributed by atoms with Crippen molar-refractivity contribution in [3.63, 3.8) is 0 Å². The van der Waals surface area contributed by atoms with Gasteiger partial charge < -0.3 is 15.7 Å². The molecule has 0 aromatic heterocycles. The van der Waals surface area contributed by atoms with Gasteiger partial charge in [-0.15, -0.1) is 0 Å². The predicted octanol–water partition coefficient (Wildman–Crippen LogP) is 1.06. The number of fused-ring (bicyclic) bond motifs is 1. The monoisotopic (exact) mass is 248 g/mol. The highest BCUT2D eigenvalue weighted by atomic mass is 16.4. The summed E-state index contributed by atoms with van der Waals surface area (Å²) in [4.78, 5) is 21.5. The molecule has 0 fully saturated rings. The average molecular weight is 248 g/mol. The van der Waals surface area contributed by atoms with Gasteiger partial charge in [0.25, 0.3) is 0 Å². The van der Waals surface area contributed by atoms with E-state index in [4.69, 9.17) is 5.11 Å². The van der Waals surface area contributed by atoms with Crippen molar-refractivity contribution in [3.05, 3.63) is 34.9 Å². The fourth-order valence-electron chi connectivity index (χ4n) is 2.14. The Bertz CT molecular complexity index is 471. The van der Waals surface area contributed by atoms with E-state index in [2.05, 4.69) is 22.8 Å². The van der Waals surface area contributed by atoms with Crippen molar-refractivity contribution in [2.24, 2.45) is 0 Å². The van der Waals surface area contributed by atoms with Crippen molar-refractivity contribution in [3.8, 4) is 0 Å². The molecule has 0 saturated heterocycles. The molecular weight excluding hydrogens is 232 g/mol. The molecule has 1 aliphatic rings. The maximum Gasteiger partial charge on any atom is 0.323 e. The Hall–Kier alpha value is -2.04. The second kappa shape index (κ2) is 5.53. The molecule has 2 rings (SSSR count). The number of nitrogens with one attached hydrogen (secondary N) is 2. The van der Waals surface area contributed by atoms with Gasteiger partial charge in [0.05, 0.1) is 0 Å². The zero-order valence-corrected chi connectivity index (χ0v) is 10.0. The van der Waals surface area contributed by atoms with Gasteiger partial charge in [-0.3, -0.25) is 4.79 Å². The van der Waals surface area contributed by atoms with Crippen molar-refractivity contribution in [1.29, 1.82) is 0 Å². The van der Waals surface area contributed by atoms with E-state index in [9.17, 15) is 9.59 Å². The second-order valence-electron chi connectivity index (χ2n) is 4.39. The van der Waals surface area contributed by atoms with Crippen LogP contribution in [0.25, 0.3) is 0 Å².